The summed E-state index contributed by atoms with van der Waals surface area (Å²) in [6.07, 6.45) is 9.85. The molecule has 1 aliphatic heterocycles. The molecule has 0 radical (unpaired) electrons. The number of hydrogen-bond donors (Lipinski definition) is 0. The number of aryl methyl sites for hydroxylation is 1. The SMILES string of the molecule is C=CCO[C@@H]1CC[C@H]2[C@H]1OCCN2C(=O)CCc1cncnc1. The molecule has 0 N–H and O–H groups in total. The van der Waals surface area contributed by atoms with E-state index in [9.17, 15) is 4.79 Å². The maximum Gasteiger partial charge on any atom is 0.223 e. The number of carbonyl (C=O) groups is 1. The van der Waals surface area contributed by atoms with E-state index in [-0.39, 0.29) is 24.2 Å². The van der Waals surface area contributed by atoms with E-state index in [4.69, 9.17) is 9.47 Å². The average molecular weight is 317 g/mol. The maximum atomic E-state index is 12.6. The van der Waals surface area contributed by atoms with Crippen LogP contribution in [0.4, 0.5) is 0 Å². The van der Waals surface area contributed by atoms with Crippen molar-refractivity contribution in [2.24, 2.45) is 0 Å². The standard InChI is InChI=1S/C17H23N3O3/c1-2-8-22-15-5-4-14-17(15)23-9-7-20(14)16(21)6-3-13-10-18-12-19-11-13/h2,10-12,14-15,17H,1,3-9H2/t14-,15+,17+/m0/s1. The lowest BCUT2D eigenvalue weighted by Crippen LogP contribution is -2.54. The molecule has 3 rings (SSSR count). The lowest BCUT2D eigenvalue weighted by atomic mass is 10.1. The van der Waals surface area contributed by atoms with E-state index in [1.54, 1.807) is 18.5 Å². The van der Waals surface area contributed by atoms with Crippen LogP contribution >= 0.6 is 0 Å². The molecule has 1 aliphatic carbocycles. The summed E-state index contributed by atoms with van der Waals surface area (Å²) in [4.78, 5) is 22.6. The van der Waals surface area contributed by atoms with E-state index < -0.39 is 0 Å². The molecule has 124 valence electrons. The predicted octanol–water partition coefficient (Wildman–Crippen LogP) is 1.37. The Bertz CT molecular complexity index is 537. The van der Waals surface area contributed by atoms with Gasteiger partial charge in [-0.1, -0.05) is 6.08 Å². The molecule has 1 saturated carbocycles. The van der Waals surface area contributed by atoms with Crippen LogP contribution in [0.5, 0.6) is 0 Å². The average Bonchev–Trinajstić information content (AvgIpc) is 3.02. The van der Waals surface area contributed by atoms with Crippen molar-refractivity contribution in [1.29, 1.82) is 0 Å². The maximum absolute atomic E-state index is 12.6. The summed E-state index contributed by atoms with van der Waals surface area (Å²) in [7, 11) is 0. The van der Waals surface area contributed by atoms with Crippen LogP contribution in [0.25, 0.3) is 0 Å². The van der Waals surface area contributed by atoms with E-state index in [1.165, 1.54) is 6.33 Å². The highest BCUT2D eigenvalue weighted by Crippen LogP contribution is 2.32. The van der Waals surface area contributed by atoms with Gasteiger partial charge in [-0.3, -0.25) is 4.79 Å². The summed E-state index contributed by atoms with van der Waals surface area (Å²) in [6.45, 7) is 5.45. The number of morpholine rings is 1. The van der Waals surface area contributed by atoms with Crippen LogP contribution in [-0.4, -0.2) is 58.8 Å². The van der Waals surface area contributed by atoms with Gasteiger partial charge in [0.25, 0.3) is 0 Å². The molecule has 1 amide bonds. The highest BCUT2D eigenvalue weighted by Gasteiger charge is 2.44. The normalized spacial score (nSPS) is 26.8. The lowest BCUT2D eigenvalue weighted by Gasteiger charge is -2.39. The van der Waals surface area contributed by atoms with Crippen molar-refractivity contribution in [3.63, 3.8) is 0 Å². The Morgan fingerprint density at radius 2 is 2.26 bits per heavy atom. The number of ether oxygens (including phenoxy) is 2. The first-order valence-corrected chi connectivity index (χ1v) is 8.17. The molecule has 0 bridgehead atoms. The smallest absolute Gasteiger partial charge is 0.223 e. The fourth-order valence-corrected chi connectivity index (χ4v) is 3.45. The zero-order valence-corrected chi connectivity index (χ0v) is 13.3. The third-order valence-corrected chi connectivity index (χ3v) is 4.53. The lowest BCUT2D eigenvalue weighted by molar-refractivity contribution is -0.150. The van der Waals surface area contributed by atoms with Crippen LogP contribution < -0.4 is 0 Å². The minimum absolute atomic E-state index is 0.00675. The molecule has 3 atom stereocenters. The molecule has 1 aromatic rings. The molecule has 2 heterocycles. The van der Waals surface area contributed by atoms with Gasteiger partial charge in [0.05, 0.1) is 25.4 Å². The van der Waals surface area contributed by atoms with Gasteiger partial charge in [-0.15, -0.1) is 6.58 Å². The molecule has 6 heteroatoms. The minimum Gasteiger partial charge on any atom is -0.372 e. The number of aromatic nitrogens is 2. The second-order valence-corrected chi connectivity index (χ2v) is 5.97. The summed E-state index contributed by atoms with van der Waals surface area (Å²) in [6, 6.07) is 0.137. The van der Waals surface area contributed by atoms with Crippen LogP contribution in [0.3, 0.4) is 0 Å². The quantitative estimate of drug-likeness (QED) is 0.742. The minimum atomic E-state index is -0.00675. The number of amides is 1. The van der Waals surface area contributed by atoms with E-state index >= 15 is 0 Å². The van der Waals surface area contributed by atoms with Gasteiger partial charge >= 0.3 is 0 Å². The Balaban J connectivity index is 1.57. The zero-order chi connectivity index (χ0) is 16.1. The van der Waals surface area contributed by atoms with Crippen LogP contribution in [0, 0.1) is 0 Å². The first kappa shape index (κ1) is 16.1. The highest BCUT2D eigenvalue weighted by atomic mass is 16.5. The predicted molar refractivity (Wildman–Crippen MR) is 84.8 cm³/mol. The number of nitrogens with zero attached hydrogens (tertiary/aromatic N) is 3. The zero-order valence-electron chi connectivity index (χ0n) is 13.3. The van der Waals surface area contributed by atoms with Crippen molar-refractivity contribution < 1.29 is 14.3 Å². The molecule has 0 aromatic carbocycles. The summed E-state index contributed by atoms with van der Waals surface area (Å²) in [5.74, 6) is 0.177. The van der Waals surface area contributed by atoms with Gasteiger partial charge < -0.3 is 14.4 Å². The van der Waals surface area contributed by atoms with Crippen molar-refractivity contribution in [3.05, 3.63) is 36.9 Å². The monoisotopic (exact) mass is 317 g/mol. The number of fused-ring (bicyclic) bond motifs is 1. The topological polar surface area (TPSA) is 64.6 Å². The molecular weight excluding hydrogens is 294 g/mol. The van der Waals surface area contributed by atoms with Crippen molar-refractivity contribution in [2.45, 2.75) is 43.9 Å². The molecule has 23 heavy (non-hydrogen) atoms. The Labute approximate surface area is 136 Å². The molecule has 0 unspecified atom stereocenters. The van der Waals surface area contributed by atoms with Gasteiger partial charge in [0.2, 0.25) is 5.91 Å². The van der Waals surface area contributed by atoms with Gasteiger partial charge in [-0.2, -0.15) is 0 Å². The third-order valence-electron chi connectivity index (χ3n) is 4.53. The molecular formula is C17H23N3O3. The van der Waals surface area contributed by atoms with Crippen molar-refractivity contribution >= 4 is 5.91 Å². The number of hydrogen-bond acceptors (Lipinski definition) is 5. The fourth-order valence-electron chi connectivity index (χ4n) is 3.45. The van der Waals surface area contributed by atoms with Gasteiger partial charge in [0.1, 0.15) is 12.4 Å². The third kappa shape index (κ3) is 3.76. The van der Waals surface area contributed by atoms with Crippen LogP contribution in [0.2, 0.25) is 0 Å². The van der Waals surface area contributed by atoms with Crippen LogP contribution in [0.1, 0.15) is 24.8 Å². The summed E-state index contributed by atoms with van der Waals surface area (Å²) < 4.78 is 11.7. The Morgan fingerprint density at radius 1 is 1.43 bits per heavy atom. The van der Waals surface area contributed by atoms with Crippen LogP contribution in [0.15, 0.2) is 31.4 Å². The first-order valence-electron chi connectivity index (χ1n) is 8.17. The molecule has 1 aromatic heterocycles. The Hall–Kier alpha value is -1.79. The van der Waals surface area contributed by atoms with Gasteiger partial charge in [-0.05, 0) is 24.8 Å². The Morgan fingerprint density at radius 3 is 3.04 bits per heavy atom. The van der Waals surface area contributed by atoms with E-state index in [0.717, 1.165) is 18.4 Å². The van der Waals surface area contributed by atoms with Gasteiger partial charge in [0, 0.05) is 25.4 Å². The van der Waals surface area contributed by atoms with E-state index in [1.807, 2.05) is 4.90 Å². The van der Waals surface area contributed by atoms with Crippen molar-refractivity contribution in [1.82, 2.24) is 14.9 Å². The van der Waals surface area contributed by atoms with Crippen LogP contribution in [-0.2, 0) is 20.7 Å². The second kappa shape index (κ2) is 7.66. The molecule has 0 spiro atoms. The highest BCUT2D eigenvalue weighted by molar-refractivity contribution is 5.77. The second-order valence-electron chi connectivity index (χ2n) is 5.97. The van der Waals surface area contributed by atoms with Crippen molar-refractivity contribution in [3.8, 4) is 0 Å². The fraction of sp³-hybridized carbons (Fsp3) is 0.588. The van der Waals surface area contributed by atoms with E-state index in [0.29, 0.717) is 32.6 Å². The molecule has 1 saturated heterocycles. The van der Waals surface area contributed by atoms with E-state index in [2.05, 4.69) is 16.5 Å². The molecule has 6 nitrogen and oxygen atoms in total. The molecule has 2 fully saturated rings. The largest absolute Gasteiger partial charge is 0.372 e. The summed E-state index contributed by atoms with van der Waals surface area (Å²) in [5.41, 5.74) is 0.990. The number of rotatable bonds is 6. The first-order chi connectivity index (χ1) is 11.3. The van der Waals surface area contributed by atoms with Gasteiger partial charge in [-0.25, -0.2) is 9.97 Å². The van der Waals surface area contributed by atoms with Crippen molar-refractivity contribution in [2.75, 3.05) is 19.8 Å². The number of carbonyl (C=O) groups excluding carboxylic acids is 1. The summed E-state index contributed by atoms with van der Waals surface area (Å²) >= 11 is 0. The Kier molecular flexibility index (Phi) is 5.35. The van der Waals surface area contributed by atoms with Gasteiger partial charge in [0.15, 0.2) is 0 Å². The molecule has 2 aliphatic rings. The summed E-state index contributed by atoms with van der Waals surface area (Å²) in [5, 5.41) is 0.